The predicted octanol–water partition coefficient (Wildman–Crippen LogP) is 6.32. The average molecular weight is 652 g/mol. The van der Waals surface area contributed by atoms with Gasteiger partial charge in [0.05, 0.1) is 29.2 Å². The Bertz CT molecular complexity index is 1310. The van der Waals surface area contributed by atoms with Gasteiger partial charge in [-0.25, -0.2) is 0 Å². The van der Waals surface area contributed by atoms with Gasteiger partial charge in [0.1, 0.15) is 6.04 Å². The van der Waals surface area contributed by atoms with Crippen molar-refractivity contribution in [3.05, 3.63) is 61.2 Å². The van der Waals surface area contributed by atoms with E-state index in [2.05, 4.69) is 54.7 Å². The lowest BCUT2D eigenvalue weighted by atomic mass is 9.66. The third-order valence-electron chi connectivity index (χ3n) is 10.7. The zero-order valence-electron chi connectivity index (χ0n) is 29.4. The summed E-state index contributed by atoms with van der Waals surface area (Å²) < 4.78 is -1.26. The van der Waals surface area contributed by atoms with E-state index in [-0.39, 0.29) is 35.7 Å². The van der Waals surface area contributed by atoms with Crippen molar-refractivity contribution in [2.45, 2.75) is 115 Å². The van der Waals surface area contributed by atoms with E-state index < -0.39 is 39.0 Å². The SMILES string of the molecule is C=CCN(Cc1ccccc1)C(=O)[C@H]1[C@H]2C(=O)N([C@@H](CO)[C@@H](C)CC)C(C(=O)N(CC=C)C(C)(C)CC(C)(C)C)C23CC[C@]1(C)S3. The zero-order chi connectivity index (χ0) is 34.2. The lowest BCUT2D eigenvalue weighted by Crippen LogP contribution is -2.62. The molecule has 3 saturated heterocycles. The molecule has 2 bridgehead atoms. The normalized spacial score (nSPS) is 28.5. The van der Waals surface area contributed by atoms with Crippen molar-refractivity contribution in [1.29, 1.82) is 0 Å². The molecule has 3 heterocycles. The summed E-state index contributed by atoms with van der Waals surface area (Å²) in [5.74, 6) is -1.62. The van der Waals surface area contributed by atoms with E-state index in [0.29, 0.717) is 26.1 Å². The number of aliphatic hydroxyl groups excluding tert-OH is 1. The minimum Gasteiger partial charge on any atom is -0.394 e. The quantitative estimate of drug-likeness (QED) is 0.238. The van der Waals surface area contributed by atoms with Gasteiger partial charge in [0.2, 0.25) is 17.7 Å². The Morgan fingerprint density at radius 3 is 2.26 bits per heavy atom. The molecule has 3 aliphatic heterocycles. The molecule has 0 radical (unpaired) electrons. The van der Waals surface area contributed by atoms with Gasteiger partial charge in [0.25, 0.3) is 0 Å². The van der Waals surface area contributed by atoms with Crippen LogP contribution >= 0.6 is 11.8 Å². The predicted molar refractivity (Wildman–Crippen MR) is 188 cm³/mol. The van der Waals surface area contributed by atoms with E-state index >= 15 is 4.79 Å². The summed E-state index contributed by atoms with van der Waals surface area (Å²) in [6.45, 7) is 25.7. The highest BCUT2D eigenvalue weighted by atomic mass is 32.2. The summed E-state index contributed by atoms with van der Waals surface area (Å²) in [5.41, 5.74) is 0.451. The van der Waals surface area contributed by atoms with Crippen LogP contribution in [0.15, 0.2) is 55.6 Å². The lowest BCUT2D eigenvalue weighted by Gasteiger charge is -2.47. The molecule has 0 aliphatic carbocycles. The number of hydrogen-bond acceptors (Lipinski definition) is 5. The van der Waals surface area contributed by atoms with E-state index in [9.17, 15) is 14.7 Å². The maximum absolute atomic E-state index is 15.2. The Morgan fingerprint density at radius 1 is 1.09 bits per heavy atom. The molecule has 3 aliphatic rings. The molecule has 7 atom stereocenters. The Labute approximate surface area is 281 Å². The first-order valence-corrected chi connectivity index (χ1v) is 17.8. The molecule has 254 valence electrons. The van der Waals surface area contributed by atoms with Gasteiger partial charge in [-0.15, -0.1) is 24.9 Å². The minimum atomic E-state index is -0.790. The van der Waals surface area contributed by atoms with Crippen LogP contribution < -0.4 is 0 Å². The first-order chi connectivity index (χ1) is 21.5. The Morgan fingerprint density at radius 2 is 1.72 bits per heavy atom. The van der Waals surface area contributed by atoms with Gasteiger partial charge in [-0.2, -0.15) is 0 Å². The number of rotatable bonds is 14. The number of carbonyl (C=O) groups excluding carboxylic acids is 3. The topological polar surface area (TPSA) is 81.2 Å². The molecule has 1 aromatic carbocycles. The maximum atomic E-state index is 15.2. The number of nitrogens with zero attached hydrogens (tertiary/aromatic N) is 3. The summed E-state index contributed by atoms with van der Waals surface area (Å²) in [7, 11) is 0. The second kappa shape index (κ2) is 13.5. The fourth-order valence-electron chi connectivity index (χ4n) is 8.88. The summed E-state index contributed by atoms with van der Waals surface area (Å²) in [6, 6.07) is 8.57. The molecule has 1 aromatic rings. The van der Waals surface area contributed by atoms with Gasteiger partial charge in [0, 0.05) is 29.9 Å². The molecule has 8 heteroatoms. The number of aliphatic hydroxyl groups is 1. The van der Waals surface area contributed by atoms with Crippen LogP contribution in [0.25, 0.3) is 0 Å². The zero-order valence-corrected chi connectivity index (χ0v) is 30.2. The number of carbonyl (C=O) groups is 3. The minimum absolute atomic E-state index is 0.0304. The van der Waals surface area contributed by atoms with Gasteiger partial charge >= 0.3 is 0 Å². The van der Waals surface area contributed by atoms with Crippen LogP contribution in [0.2, 0.25) is 0 Å². The van der Waals surface area contributed by atoms with Crippen LogP contribution in [0.4, 0.5) is 0 Å². The average Bonchev–Trinajstić information content (AvgIpc) is 3.55. The fourth-order valence-corrected chi connectivity index (χ4v) is 11.2. The smallest absolute Gasteiger partial charge is 0.247 e. The van der Waals surface area contributed by atoms with Gasteiger partial charge in [-0.3, -0.25) is 14.4 Å². The molecule has 1 spiro atoms. The van der Waals surface area contributed by atoms with E-state index in [1.165, 1.54) is 0 Å². The highest BCUT2D eigenvalue weighted by Gasteiger charge is 2.78. The molecular weight excluding hydrogens is 595 g/mol. The van der Waals surface area contributed by atoms with E-state index in [1.54, 1.807) is 28.8 Å². The number of likely N-dealkylation sites (tertiary alicyclic amines) is 1. The highest BCUT2D eigenvalue weighted by molar-refractivity contribution is 8.02. The van der Waals surface area contributed by atoms with E-state index in [4.69, 9.17) is 0 Å². The highest BCUT2D eigenvalue weighted by Crippen LogP contribution is 2.72. The van der Waals surface area contributed by atoms with Crippen molar-refractivity contribution in [1.82, 2.24) is 14.7 Å². The molecule has 2 unspecified atom stereocenters. The van der Waals surface area contributed by atoms with Crippen LogP contribution in [0, 0.1) is 23.2 Å². The molecule has 3 amide bonds. The van der Waals surface area contributed by atoms with Crippen molar-refractivity contribution in [2.75, 3.05) is 19.7 Å². The summed E-state index contributed by atoms with van der Waals surface area (Å²) in [5, 5.41) is 10.8. The largest absolute Gasteiger partial charge is 0.394 e. The molecule has 0 aromatic heterocycles. The maximum Gasteiger partial charge on any atom is 0.247 e. The molecular formula is C38H57N3O4S. The van der Waals surface area contributed by atoms with E-state index in [0.717, 1.165) is 24.8 Å². The third-order valence-corrected chi connectivity index (χ3v) is 12.7. The summed E-state index contributed by atoms with van der Waals surface area (Å²) in [6.07, 6.45) is 6.42. The van der Waals surface area contributed by atoms with Crippen LogP contribution in [-0.2, 0) is 20.9 Å². The number of hydrogen-bond donors (Lipinski definition) is 1. The van der Waals surface area contributed by atoms with Crippen LogP contribution in [-0.4, -0.2) is 84.3 Å². The second-order valence-electron chi connectivity index (χ2n) is 15.9. The van der Waals surface area contributed by atoms with Crippen molar-refractivity contribution < 1.29 is 19.5 Å². The number of benzene rings is 1. The molecule has 46 heavy (non-hydrogen) atoms. The lowest BCUT2D eigenvalue weighted by molar-refractivity contribution is -0.151. The number of fused-ring (bicyclic) bond motifs is 1. The van der Waals surface area contributed by atoms with Crippen LogP contribution in [0.5, 0.6) is 0 Å². The monoisotopic (exact) mass is 651 g/mol. The first kappa shape index (κ1) is 36.3. The van der Waals surface area contributed by atoms with Gasteiger partial charge in [0.15, 0.2) is 0 Å². The van der Waals surface area contributed by atoms with Crippen molar-refractivity contribution in [2.24, 2.45) is 23.2 Å². The molecule has 3 fully saturated rings. The summed E-state index contributed by atoms with van der Waals surface area (Å²) >= 11 is 1.69. The van der Waals surface area contributed by atoms with Gasteiger partial charge in [-0.1, -0.05) is 83.5 Å². The Hall–Kier alpha value is -2.58. The van der Waals surface area contributed by atoms with Crippen LogP contribution in [0.1, 0.15) is 86.6 Å². The van der Waals surface area contributed by atoms with Gasteiger partial charge in [-0.05, 0) is 56.9 Å². The van der Waals surface area contributed by atoms with Gasteiger partial charge < -0.3 is 19.8 Å². The fraction of sp³-hybridized carbons (Fsp3) is 0.658. The summed E-state index contributed by atoms with van der Waals surface area (Å²) in [4.78, 5) is 50.4. The second-order valence-corrected chi connectivity index (χ2v) is 17.8. The first-order valence-electron chi connectivity index (χ1n) is 17.0. The standard InChI is InChI=1S/C38H57N3O4S/c1-11-21-39(23-27-17-15-14-16-18-27)32(43)29-30-33(44)41(28(24-42)26(4)13-3)31(38(30)20-19-37(29,10)46-38)34(45)40(22-12-2)36(8,9)25-35(5,6)7/h11-12,14-18,26,28-31,42H,1-2,13,19-25H2,3-10H3/t26-,28-,29+,30-,31?,37-,38?/m0/s1. The van der Waals surface area contributed by atoms with Crippen LogP contribution in [0.3, 0.4) is 0 Å². The third kappa shape index (κ3) is 6.45. The van der Waals surface area contributed by atoms with E-state index in [1.807, 2.05) is 54.0 Å². The molecule has 7 nitrogen and oxygen atoms in total. The van der Waals surface area contributed by atoms with Crippen molar-refractivity contribution >= 4 is 29.5 Å². The number of amides is 3. The number of thioether (sulfide) groups is 1. The molecule has 0 saturated carbocycles. The Kier molecular flexibility index (Phi) is 10.6. The van der Waals surface area contributed by atoms with Crippen molar-refractivity contribution in [3.63, 3.8) is 0 Å². The molecule has 1 N–H and O–H groups in total. The Balaban J connectivity index is 1.85. The molecule has 4 rings (SSSR count). The van der Waals surface area contributed by atoms with Crippen molar-refractivity contribution in [3.8, 4) is 0 Å².